The minimum absolute atomic E-state index is 0.00349. The fraction of sp³-hybridized carbons (Fsp3) is 0.333. The third-order valence-electron chi connectivity index (χ3n) is 6.22. The van der Waals surface area contributed by atoms with Gasteiger partial charge < -0.3 is 15.2 Å². The molecule has 32 heavy (non-hydrogen) atoms. The van der Waals surface area contributed by atoms with Gasteiger partial charge in [0.05, 0.1) is 17.3 Å². The number of hydrogen-bond donors (Lipinski definition) is 3. The molecule has 2 aliphatic rings. The highest BCUT2D eigenvalue weighted by molar-refractivity contribution is 6.31. The Kier molecular flexibility index (Phi) is 4.65. The fourth-order valence-electron chi connectivity index (χ4n) is 4.78. The van der Waals surface area contributed by atoms with E-state index in [2.05, 4.69) is 20.3 Å². The number of carbonyl (C=O) groups excluding carboxylic acids is 1. The maximum Gasteiger partial charge on any atom is 0.573 e. The Hall–Kier alpha value is -2.85. The predicted molar refractivity (Wildman–Crippen MR) is 106 cm³/mol. The summed E-state index contributed by atoms with van der Waals surface area (Å²) in [7, 11) is 0. The molecule has 0 spiro atoms. The largest absolute Gasteiger partial charge is 0.573 e. The van der Waals surface area contributed by atoms with E-state index in [1.54, 1.807) is 18.3 Å². The monoisotopic (exact) mass is 469 g/mol. The Labute approximate surface area is 183 Å². The first-order valence-electron chi connectivity index (χ1n) is 9.76. The first-order valence-corrected chi connectivity index (χ1v) is 10.1. The summed E-state index contributed by atoms with van der Waals surface area (Å²) in [6.45, 7) is 0. The highest BCUT2D eigenvalue weighted by Crippen LogP contribution is 2.60. The second kappa shape index (κ2) is 7.08. The number of amides is 1. The van der Waals surface area contributed by atoms with Crippen LogP contribution in [0.3, 0.4) is 0 Å². The van der Waals surface area contributed by atoms with Gasteiger partial charge in [0.1, 0.15) is 0 Å². The summed E-state index contributed by atoms with van der Waals surface area (Å²) < 4.78 is 54.5. The van der Waals surface area contributed by atoms with E-state index in [4.69, 9.17) is 11.6 Å². The second-order valence-electron chi connectivity index (χ2n) is 8.24. The van der Waals surface area contributed by atoms with Crippen LogP contribution in [0.4, 0.5) is 17.6 Å². The second-order valence-corrected chi connectivity index (χ2v) is 8.68. The van der Waals surface area contributed by atoms with Crippen molar-refractivity contribution in [3.8, 4) is 5.75 Å². The lowest BCUT2D eigenvalue weighted by atomic mass is 9.86. The number of hydrogen-bond acceptors (Lipinski definition) is 4. The van der Waals surface area contributed by atoms with Crippen molar-refractivity contribution in [2.45, 2.75) is 30.8 Å². The van der Waals surface area contributed by atoms with E-state index in [1.165, 1.54) is 0 Å². The zero-order valence-electron chi connectivity index (χ0n) is 16.2. The van der Waals surface area contributed by atoms with E-state index in [-0.39, 0.29) is 23.4 Å². The molecule has 1 amide bonds. The number of H-pyrrole nitrogens is 1. The van der Waals surface area contributed by atoms with E-state index in [0.717, 1.165) is 17.5 Å². The Morgan fingerprint density at radius 1 is 1.25 bits per heavy atom. The van der Waals surface area contributed by atoms with Crippen LogP contribution in [0.15, 0.2) is 36.5 Å². The third-order valence-corrected chi connectivity index (χ3v) is 6.44. The minimum Gasteiger partial charge on any atom is -0.403 e. The topological polar surface area (TPSA) is 87.2 Å². The number of nitrogens with one attached hydrogen (secondary N) is 2. The number of fused-ring (bicyclic) bond motifs is 2. The number of ether oxygens (including phenoxy) is 1. The lowest BCUT2D eigenvalue weighted by molar-refractivity contribution is -0.275. The molecule has 2 aromatic carbocycles. The number of rotatable bonds is 4. The van der Waals surface area contributed by atoms with Crippen LogP contribution in [-0.4, -0.2) is 33.6 Å². The van der Waals surface area contributed by atoms with E-state index in [9.17, 15) is 27.5 Å². The van der Waals surface area contributed by atoms with Gasteiger partial charge in [0.25, 0.3) is 5.91 Å². The van der Waals surface area contributed by atoms with Gasteiger partial charge in [-0.05, 0) is 60.6 Å². The SMILES string of the molecule is O=C(NC1C2CC(O)(c3cc(Cl)cc4[nH]ncc34)CC21)c1ccc(F)c(OC(F)(F)F)c1. The summed E-state index contributed by atoms with van der Waals surface area (Å²) >= 11 is 6.17. The maximum atomic E-state index is 13.6. The van der Waals surface area contributed by atoms with Gasteiger partial charge in [-0.25, -0.2) is 4.39 Å². The number of aromatic amines is 1. The molecule has 0 aliphatic heterocycles. The molecule has 2 saturated carbocycles. The van der Waals surface area contributed by atoms with Crippen molar-refractivity contribution < 1.29 is 32.2 Å². The molecule has 3 aromatic rings. The highest BCUT2D eigenvalue weighted by atomic mass is 35.5. The fourth-order valence-corrected chi connectivity index (χ4v) is 5.00. The van der Waals surface area contributed by atoms with Crippen LogP contribution in [0.1, 0.15) is 28.8 Å². The van der Waals surface area contributed by atoms with E-state index in [1.807, 2.05) is 0 Å². The standard InChI is InChI=1S/C21H16ClF4N3O3/c22-10-4-14(13-8-27-29-16(13)5-10)20(31)6-11-12(7-20)18(11)28-19(30)9-1-2-15(23)17(3-9)32-21(24,25)26/h1-5,8,11-12,18,31H,6-7H2,(H,27,29)(H,28,30). The number of aromatic nitrogens is 2. The minimum atomic E-state index is -5.07. The smallest absolute Gasteiger partial charge is 0.403 e. The molecule has 6 nitrogen and oxygen atoms in total. The van der Waals surface area contributed by atoms with Crippen molar-refractivity contribution >= 4 is 28.4 Å². The van der Waals surface area contributed by atoms with Crippen molar-refractivity contribution in [2.24, 2.45) is 11.8 Å². The zero-order chi connectivity index (χ0) is 22.8. The van der Waals surface area contributed by atoms with Crippen LogP contribution in [0.25, 0.3) is 10.9 Å². The van der Waals surface area contributed by atoms with Gasteiger partial charge in [0.15, 0.2) is 11.6 Å². The van der Waals surface area contributed by atoms with E-state index < -0.39 is 29.4 Å². The summed E-state index contributed by atoms with van der Waals surface area (Å²) in [5.74, 6) is -2.94. The molecule has 11 heteroatoms. The first kappa shape index (κ1) is 21.0. The maximum absolute atomic E-state index is 13.6. The molecule has 2 aliphatic carbocycles. The van der Waals surface area contributed by atoms with Crippen LogP contribution >= 0.6 is 11.6 Å². The quantitative estimate of drug-likeness (QED) is 0.498. The molecule has 2 fully saturated rings. The van der Waals surface area contributed by atoms with Crippen molar-refractivity contribution in [2.75, 3.05) is 0 Å². The number of alkyl halides is 3. The van der Waals surface area contributed by atoms with Crippen LogP contribution in [0.5, 0.6) is 5.75 Å². The molecule has 3 N–H and O–H groups in total. The Morgan fingerprint density at radius 2 is 1.97 bits per heavy atom. The molecule has 2 unspecified atom stereocenters. The predicted octanol–water partition coefficient (Wildman–Crippen LogP) is 4.28. The number of carbonyl (C=O) groups is 1. The summed E-state index contributed by atoms with van der Waals surface area (Å²) in [4.78, 5) is 12.5. The number of benzene rings is 2. The highest BCUT2D eigenvalue weighted by Gasteiger charge is 2.62. The molecule has 0 bridgehead atoms. The molecule has 5 rings (SSSR count). The number of nitrogens with zero attached hydrogens (tertiary/aromatic N) is 1. The van der Waals surface area contributed by atoms with Gasteiger partial charge in [-0.2, -0.15) is 5.10 Å². The van der Waals surface area contributed by atoms with E-state index in [0.29, 0.717) is 35.0 Å². The van der Waals surface area contributed by atoms with Gasteiger partial charge in [-0.15, -0.1) is 13.2 Å². The van der Waals surface area contributed by atoms with E-state index >= 15 is 0 Å². The lowest BCUT2D eigenvalue weighted by Crippen LogP contribution is -2.33. The van der Waals surface area contributed by atoms with Gasteiger partial charge in [0, 0.05) is 22.0 Å². The first-order chi connectivity index (χ1) is 15.0. The Bertz CT molecular complexity index is 1220. The van der Waals surface area contributed by atoms with Gasteiger partial charge in [-0.1, -0.05) is 11.6 Å². The zero-order valence-corrected chi connectivity index (χ0v) is 17.0. The average Bonchev–Trinajstić information content (AvgIpc) is 3.07. The molecule has 0 saturated heterocycles. The molecule has 168 valence electrons. The van der Waals surface area contributed by atoms with Gasteiger partial charge >= 0.3 is 6.36 Å². The Balaban J connectivity index is 1.28. The van der Waals surface area contributed by atoms with Gasteiger partial charge in [-0.3, -0.25) is 9.89 Å². The molecule has 1 aromatic heterocycles. The van der Waals surface area contributed by atoms with Crippen molar-refractivity contribution in [1.82, 2.24) is 15.5 Å². The summed E-state index contributed by atoms with van der Waals surface area (Å²) in [5, 5.41) is 22.1. The van der Waals surface area contributed by atoms with Crippen LogP contribution in [-0.2, 0) is 5.60 Å². The molecule has 2 atom stereocenters. The molecular formula is C21H16ClF4N3O3. The van der Waals surface area contributed by atoms with Crippen molar-refractivity contribution in [3.63, 3.8) is 0 Å². The van der Waals surface area contributed by atoms with Crippen LogP contribution in [0, 0.1) is 17.7 Å². The van der Waals surface area contributed by atoms with Crippen molar-refractivity contribution in [1.29, 1.82) is 0 Å². The summed E-state index contributed by atoms with van der Waals surface area (Å²) in [6.07, 6.45) is -2.68. The summed E-state index contributed by atoms with van der Waals surface area (Å²) in [5.41, 5.74) is 0.0894. The van der Waals surface area contributed by atoms with Gasteiger partial charge in [0.2, 0.25) is 0 Å². The average molecular weight is 470 g/mol. The molecule has 1 heterocycles. The van der Waals surface area contributed by atoms with Crippen molar-refractivity contribution in [3.05, 3.63) is 58.5 Å². The Morgan fingerprint density at radius 3 is 2.66 bits per heavy atom. The lowest BCUT2D eigenvalue weighted by Gasteiger charge is -2.27. The number of halogens is 5. The normalized spacial score (nSPS) is 26.8. The number of aliphatic hydroxyl groups is 1. The molecule has 0 radical (unpaired) electrons. The molecular weight excluding hydrogens is 454 g/mol. The van der Waals surface area contributed by atoms with Crippen LogP contribution in [0.2, 0.25) is 5.02 Å². The third kappa shape index (κ3) is 3.67. The van der Waals surface area contributed by atoms with Crippen LogP contribution < -0.4 is 10.1 Å². The summed E-state index contributed by atoms with van der Waals surface area (Å²) in [6, 6.07) is 5.74.